The van der Waals surface area contributed by atoms with E-state index in [0.717, 1.165) is 18.0 Å². The average molecular weight is 417 g/mol. The number of hydrogen-bond acceptors (Lipinski definition) is 4. The van der Waals surface area contributed by atoms with Crippen LogP contribution in [0.5, 0.6) is 0 Å². The molecule has 3 aliphatic rings. The van der Waals surface area contributed by atoms with E-state index in [1.165, 1.54) is 84.0 Å². The van der Waals surface area contributed by atoms with Crippen molar-refractivity contribution in [2.75, 3.05) is 26.2 Å². The molecule has 2 aliphatic carbocycles. The zero-order chi connectivity index (χ0) is 21.3. The van der Waals surface area contributed by atoms with Crippen LogP contribution in [-0.2, 0) is 9.59 Å². The molecular weight excluding hydrogens is 380 g/mol. The molecule has 1 heterocycles. The number of carboxylic acid groups (broad SMARTS) is 2. The Kier molecular flexibility index (Phi) is 8.70. The van der Waals surface area contributed by atoms with Crippen LogP contribution in [0.25, 0.3) is 0 Å². The minimum absolute atomic E-state index is 0.811. The van der Waals surface area contributed by atoms with E-state index in [1.54, 1.807) is 5.56 Å². The van der Waals surface area contributed by atoms with Crippen LogP contribution >= 0.6 is 0 Å². The fraction of sp³-hybridized carbons (Fsp3) is 0.667. The van der Waals surface area contributed by atoms with Gasteiger partial charge in [0.05, 0.1) is 0 Å². The minimum atomic E-state index is -1.82. The third-order valence-electron chi connectivity index (χ3n) is 7.11. The molecule has 0 spiro atoms. The van der Waals surface area contributed by atoms with E-state index >= 15 is 0 Å². The van der Waals surface area contributed by atoms with Gasteiger partial charge in [0.2, 0.25) is 0 Å². The molecule has 2 saturated carbocycles. The molecular formula is C24H36N2O4. The Hall–Kier alpha value is -1.92. The molecule has 166 valence electrons. The van der Waals surface area contributed by atoms with E-state index in [1.807, 2.05) is 0 Å². The second-order valence-corrected chi connectivity index (χ2v) is 8.89. The lowest BCUT2D eigenvalue weighted by atomic mass is 9.81. The van der Waals surface area contributed by atoms with Gasteiger partial charge in [0.15, 0.2) is 0 Å². The molecule has 0 bridgehead atoms. The highest BCUT2D eigenvalue weighted by Crippen LogP contribution is 2.35. The van der Waals surface area contributed by atoms with Crippen molar-refractivity contribution in [3.63, 3.8) is 0 Å². The number of nitrogens with zero attached hydrogens (tertiary/aromatic N) is 2. The summed E-state index contributed by atoms with van der Waals surface area (Å²) >= 11 is 0. The third kappa shape index (κ3) is 6.54. The van der Waals surface area contributed by atoms with Crippen molar-refractivity contribution in [1.82, 2.24) is 9.80 Å². The molecule has 0 atom stereocenters. The molecule has 1 saturated heterocycles. The number of carbonyl (C=O) groups is 2. The fourth-order valence-corrected chi connectivity index (χ4v) is 5.41. The standard InChI is InChI=1S/C22H34N2.C2H2O4/c1-3-7-19(8-4-1)20-11-13-22(14-12-20)24-17-15-23(16-18-24)21-9-5-2-6-10-21;3-1(4)2(5)6/h1,3-4,7-8,20-22H,2,5-6,9-18H2;(H,3,4)(H,5,6). The average Bonchev–Trinajstić information content (AvgIpc) is 2.81. The van der Waals surface area contributed by atoms with Crippen LogP contribution in [0.2, 0.25) is 0 Å². The van der Waals surface area contributed by atoms with Crippen molar-refractivity contribution in [3.05, 3.63) is 35.9 Å². The lowest BCUT2D eigenvalue weighted by Crippen LogP contribution is -2.53. The Morgan fingerprint density at radius 3 is 1.60 bits per heavy atom. The van der Waals surface area contributed by atoms with Gasteiger partial charge in [-0.2, -0.15) is 0 Å². The van der Waals surface area contributed by atoms with Crippen LogP contribution in [0.1, 0.15) is 69.3 Å². The van der Waals surface area contributed by atoms with Gasteiger partial charge in [-0.05, 0) is 50.0 Å². The molecule has 0 unspecified atom stereocenters. The van der Waals surface area contributed by atoms with Gasteiger partial charge in [-0.25, -0.2) is 9.59 Å². The third-order valence-corrected chi connectivity index (χ3v) is 7.11. The molecule has 1 aromatic rings. The molecule has 30 heavy (non-hydrogen) atoms. The molecule has 6 heteroatoms. The van der Waals surface area contributed by atoms with Crippen molar-refractivity contribution in [3.8, 4) is 0 Å². The molecule has 0 amide bonds. The lowest BCUT2D eigenvalue weighted by Gasteiger charge is -2.45. The van der Waals surface area contributed by atoms with E-state index in [-0.39, 0.29) is 0 Å². The van der Waals surface area contributed by atoms with Crippen molar-refractivity contribution in [2.24, 2.45) is 0 Å². The Bertz CT molecular complexity index is 647. The minimum Gasteiger partial charge on any atom is -0.473 e. The summed E-state index contributed by atoms with van der Waals surface area (Å²) in [4.78, 5) is 23.8. The number of rotatable bonds is 3. The Balaban J connectivity index is 0.000000377. The maximum atomic E-state index is 9.10. The molecule has 4 rings (SSSR count). The van der Waals surface area contributed by atoms with Crippen LogP contribution in [0.4, 0.5) is 0 Å². The molecule has 3 fully saturated rings. The smallest absolute Gasteiger partial charge is 0.414 e. The van der Waals surface area contributed by atoms with Crippen LogP contribution in [0.15, 0.2) is 30.3 Å². The maximum Gasteiger partial charge on any atom is 0.414 e. The molecule has 2 N–H and O–H groups in total. The van der Waals surface area contributed by atoms with E-state index in [4.69, 9.17) is 19.8 Å². The zero-order valence-electron chi connectivity index (χ0n) is 17.9. The number of piperazine rings is 1. The van der Waals surface area contributed by atoms with Crippen molar-refractivity contribution in [2.45, 2.75) is 75.8 Å². The van der Waals surface area contributed by atoms with Gasteiger partial charge >= 0.3 is 11.9 Å². The van der Waals surface area contributed by atoms with Gasteiger partial charge in [-0.1, -0.05) is 49.6 Å². The fourth-order valence-electron chi connectivity index (χ4n) is 5.41. The first-order valence-corrected chi connectivity index (χ1v) is 11.5. The largest absolute Gasteiger partial charge is 0.473 e. The van der Waals surface area contributed by atoms with Crippen LogP contribution < -0.4 is 0 Å². The highest BCUT2D eigenvalue weighted by molar-refractivity contribution is 6.27. The Labute approximate surface area is 179 Å². The van der Waals surface area contributed by atoms with E-state index in [0.29, 0.717) is 0 Å². The van der Waals surface area contributed by atoms with Crippen molar-refractivity contribution < 1.29 is 19.8 Å². The number of benzene rings is 1. The van der Waals surface area contributed by atoms with Crippen LogP contribution in [0.3, 0.4) is 0 Å². The normalized spacial score (nSPS) is 26.4. The SMILES string of the molecule is O=C(O)C(=O)O.c1ccc(C2CCC(N3CCN(C4CCCCC4)CC3)CC2)cc1. The summed E-state index contributed by atoms with van der Waals surface area (Å²) in [6, 6.07) is 13.0. The lowest BCUT2D eigenvalue weighted by molar-refractivity contribution is -0.159. The predicted molar refractivity (Wildman–Crippen MR) is 117 cm³/mol. The second kappa shape index (κ2) is 11.5. The van der Waals surface area contributed by atoms with Crippen LogP contribution in [0, 0.1) is 0 Å². The number of aliphatic carboxylic acids is 2. The highest BCUT2D eigenvalue weighted by Gasteiger charge is 2.30. The topological polar surface area (TPSA) is 81.1 Å². The number of hydrogen-bond donors (Lipinski definition) is 2. The number of carboxylic acids is 2. The van der Waals surface area contributed by atoms with Gasteiger partial charge in [0.1, 0.15) is 0 Å². The first-order chi connectivity index (χ1) is 14.5. The first-order valence-electron chi connectivity index (χ1n) is 11.5. The maximum absolute atomic E-state index is 9.10. The van der Waals surface area contributed by atoms with Gasteiger partial charge < -0.3 is 10.2 Å². The zero-order valence-corrected chi connectivity index (χ0v) is 17.9. The van der Waals surface area contributed by atoms with Gasteiger partial charge in [0, 0.05) is 38.3 Å². The van der Waals surface area contributed by atoms with Gasteiger partial charge in [-0.15, -0.1) is 0 Å². The summed E-state index contributed by atoms with van der Waals surface area (Å²) < 4.78 is 0. The molecule has 0 radical (unpaired) electrons. The van der Waals surface area contributed by atoms with Gasteiger partial charge in [-0.3, -0.25) is 9.80 Å². The summed E-state index contributed by atoms with van der Waals surface area (Å²) in [5, 5.41) is 14.8. The van der Waals surface area contributed by atoms with E-state index in [2.05, 4.69) is 40.1 Å². The monoisotopic (exact) mass is 416 g/mol. The quantitative estimate of drug-likeness (QED) is 0.729. The first kappa shape index (κ1) is 22.8. The van der Waals surface area contributed by atoms with Crippen molar-refractivity contribution >= 4 is 11.9 Å². The summed E-state index contributed by atoms with van der Waals surface area (Å²) in [6.45, 7) is 5.28. The molecule has 6 nitrogen and oxygen atoms in total. The predicted octanol–water partition coefficient (Wildman–Crippen LogP) is 3.82. The Morgan fingerprint density at radius 1 is 0.667 bits per heavy atom. The summed E-state index contributed by atoms with van der Waals surface area (Å²) in [6.07, 6.45) is 12.9. The highest BCUT2D eigenvalue weighted by atomic mass is 16.4. The van der Waals surface area contributed by atoms with Crippen molar-refractivity contribution in [1.29, 1.82) is 0 Å². The summed E-state index contributed by atoms with van der Waals surface area (Å²) in [5.41, 5.74) is 1.57. The van der Waals surface area contributed by atoms with Gasteiger partial charge in [0.25, 0.3) is 0 Å². The summed E-state index contributed by atoms with van der Waals surface area (Å²) in [5.74, 6) is -2.84. The molecule has 1 aliphatic heterocycles. The van der Waals surface area contributed by atoms with E-state index in [9.17, 15) is 0 Å². The second-order valence-electron chi connectivity index (χ2n) is 8.89. The van der Waals surface area contributed by atoms with E-state index < -0.39 is 11.9 Å². The van der Waals surface area contributed by atoms with Crippen LogP contribution in [-0.4, -0.2) is 70.2 Å². The molecule has 0 aromatic heterocycles. The molecule has 1 aromatic carbocycles. The summed E-state index contributed by atoms with van der Waals surface area (Å²) in [7, 11) is 0. The Morgan fingerprint density at radius 2 is 1.13 bits per heavy atom.